The van der Waals surface area contributed by atoms with Gasteiger partial charge in [-0.05, 0) is 130 Å². The molecule has 10 rings (SSSR count). The number of benzene rings is 7. The van der Waals surface area contributed by atoms with Crippen molar-refractivity contribution in [2.24, 2.45) is 0 Å². The lowest BCUT2D eigenvalue weighted by Gasteiger charge is -2.34. The largest absolute Gasteiger partial charge is 0.480 e. The van der Waals surface area contributed by atoms with Gasteiger partial charge in [-0.15, -0.1) is 0 Å². The van der Waals surface area contributed by atoms with Gasteiger partial charge in [-0.2, -0.15) is 0 Å². The Morgan fingerprint density at radius 2 is 1.22 bits per heavy atom. The Morgan fingerprint density at radius 1 is 0.625 bits per heavy atom. The van der Waals surface area contributed by atoms with Gasteiger partial charge in [0.15, 0.2) is 0 Å². The Labute approximate surface area is 377 Å². The van der Waals surface area contributed by atoms with E-state index in [4.69, 9.17) is 0 Å². The van der Waals surface area contributed by atoms with Crippen LogP contribution in [0, 0.1) is 0 Å². The first-order valence-electron chi connectivity index (χ1n) is 21.8. The van der Waals surface area contributed by atoms with Gasteiger partial charge in [0.1, 0.15) is 6.54 Å². The molecule has 3 aliphatic rings. The number of anilines is 5. The van der Waals surface area contributed by atoms with Crippen molar-refractivity contribution in [1.29, 1.82) is 0 Å². The summed E-state index contributed by atoms with van der Waals surface area (Å²) in [6.07, 6.45) is 6.60. The van der Waals surface area contributed by atoms with Gasteiger partial charge in [0.2, 0.25) is 0 Å². The van der Waals surface area contributed by atoms with Gasteiger partial charge in [0.05, 0.1) is 4.91 Å². The third kappa shape index (κ3) is 7.93. The van der Waals surface area contributed by atoms with Gasteiger partial charge in [0.25, 0.3) is 11.1 Å². The van der Waals surface area contributed by atoms with Crippen LogP contribution in [0.5, 0.6) is 0 Å². The number of nitrogens with zero attached hydrogens (tertiary/aromatic N) is 3. The summed E-state index contributed by atoms with van der Waals surface area (Å²) >= 11 is 0.810. The highest BCUT2D eigenvalue weighted by Gasteiger charge is 2.42. The first kappa shape index (κ1) is 40.6. The molecule has 2 amide bonds. The van der Waals surface area contributed by atoms with Gasteiger partial charge in [-0.25, -0.2) is 0 Å². The normalized spacial score (nSPS) is 17.8. The third-order valence-corrected chi connectivity index (χ3v) is 13.5. The van der Waals surface area contributed by atoms with Gasteiger partial charge in [-0.3, -0.25) is 19.3 Å². The SMILES string of the molecule is O=C(O)CN1C(=O)S/C(=C(/c2ccc(N(c3ccccc3)c3ccccc3)cc2)c2ccc3c(c2)C2CCCCC2N3c2cccc(C(=Cc3ccccc3)c3ccccc3)c2)C1=O. The summed E-state index contributed by atoms with van der Waals surface area (Å²) in [4.78, 5) is 45.1. The van der Waals surface area contributed by atoms with Crippen LogP contribution in [0.25, 0.3) is 17.2 Å². The van der Waals surface area contributed by atoms with Gasteiger partial charge in [-0.1, -0.05) is 140 Å². The highest BCUT2D eigenvalue weighted by Crippen LogP contribution is 2.53. The fourth-order valence-corrected chi connectivity index (χ4v) is 10.6. The molecule has 2 heterocycles. The summed E-state index contributed by atoms with van der Waals surface area (Å²) in [6, 6.07) is 64.9. The summed E-state index contributed by atoms with van der Waals surface area (Å²) in [5.74, 6) is -1.58. The second-order valence-corrected chi connectivity index (χ2v) is 17.4. The van der Waals surface area contributed by atoms with Crippen LogP contribution >= 0.6 is 11.8 Å². The van der Waals surface area contributed by atoms with Crippen molar-refractivity contribution in [1.82, 2.24) is 4.90 Å². The summed E-state index contributed by atoms with van der Waals surface area (Å²) in [5, 5.41) is 9.07. The van der Waals surface area contributed by atoms with Crippen LogP contribution < -0.4 is 9.80 Å². The fourth-order valence-electron chi connectivity index (χ4n) is 9.64. The number of hydrogen-bond acceptors (Lipinski definition) is 6. The first-order valence-corrected chi connectivity index (χ1v) is 22.6. The van der Waals surface area contributed by atoms with Crippen LogP contribution in [-0.4, -0.2) is 39.7 Å². The van der Waals surface area contributed by atoms with E-state index in [0.29, 0.717) is 5.57 Å². The molecule has 1 N–H and O–H groups in total. The molecule has 314 valence electrons. The van der Waals surface area contributed by atoms with Crippen molar-refractivity contribution in [3.8, 4) is 0 Å². The van der Waals surface area contributed by atoms with E-state index in [0.717, 1.165) is 104 Å². The Bertz CT molecular complexity index is 2880. The Morgan fingerprint density at radius 3 is 1.89 bits per heavy atom. The molecule has 0 bridgehead atoms. The topological polar surface area (TPSA) is 81.2 Å². The van der Waals surface area contributed by atoms with Crippen LogP contribution in [-0.2, 0) is 9.59 Å². The Kier molecular flexibility index (Phi) is 11.3. The summed E-state index contributed by atoms with van der Waals surface area (Å²) < 4.78 is 0. The zero-order valence-electron chi connectivity index (χ0n) is 35.1. The lowest BCUT2D eigenvalue weighted by atomic mass is 9.81. The molecule has 7 aromatic rings. The van der Waals surface area contributed by atoms with Gasteiger partial charge in [0, 0.05) is 46.0 Å². The summed E-state index contributed by atoms with van der Waals surface area (Å²) in [7, 11) is 0. The summed E-state index contributed by atoms with van der Waals surface area (Å²) in [5.41, 5.74) is 13.1. The van der Waals surface area contributed by atoms with E-state index in [9.17, 15) is 19.5 Å². The second-order valence-electron chi connectivity index (χ2n) is 16.4. The Balaban J connectivity index is 1.08. The number of imide groups is 1. The van der Waals surface area contributed by atoms with Crippen LogP contribution in [0.4, 0.5) is 33.2 Å². The molecule has 0 radical (unpaired) electrons. The van der Waals surface area contributed by atoms with Gasteiger partial charge >= 0.3 is 5.97 Å². The molecular weight excluding hydrogens is 811 g/mol. The molecule has 64 heavy (non-hydrogen) atoms. The van der Waals surface area contributed by atoms with E-state index in [1.807, 2.05) is 72.8 Å². The molecule has 7 nitrogen and oxygen atoms in total. The monoisotopic (exact) mass is 855 g/mol. The fraction of sp³-hybridized carbons (Fsp3) is 0.125. The number of aliphatic carboxylic acids is 1. The standard InChI is InChI=1S/C56H45N3O4S/c60-52(61)37-57-55(62)54(64-56(57)63)53(40-28-31-45(32-29-40)58(43-21-9-3-10-22-43)44-23-11-4-12-24-44)42-30-33-51-49(36-42)47-26-13-14-27-50(47)59(51)46-25-15-20-41(35-46)48(39-18-7-2-8-19-39)34-38-16-5-1-6-17-38/h1-12,15-25,28-36,47,50H,13-14,26-27,37H2,(H,60,61)/b48-34?,54-53-. The van der Waals surface area contributed by atoms with E-state index in [1.165, 1.54) is 5.56 Å². The van der Waals surface area contributed by atoms with Crippen LogP contribution in [0.2, 0.25) is 0 Å². The molecule has 0 aromatic heterocycles. The van der Waals surface area contributed by atoms with E-state index in [1.54, 1.807) is 0 Å². The predicted octanol–water partition coefficient (Wildman–Crippen LogP) is 13.5. The number of carbonyl (C=O) groups is 3. The van der Waals surface area contributed by atoms with Crippen molar-refractivity contribution in [3.63, 3.8) is 0 Å². The van der Waals surface area contributed by atoms with Crippen LogP contribution in [0.3, 0.4) is 0 Å². The van der Waals surface area contributed by atoms with Crippen LogP contribution in [0.1, 0.15) is 65.0 Å². The molecule has 1 aliphatic carbocycles. The van der Waals surface area contributed by atoms with Crippen molar-refractivity contribution in [3.05, 3.63) is 226 Å². The second kappa shape index (κ2) is 17.8. The van der Waals surface area contributed by atoms with Crippen molar-refractivity contribution < 1.29 is 19.5 Å². The number of para-hydroxylation sites is 2. The number of carboxylic acid groups (broad SMARTS) is 1. The van der Waals surface area contributed by atoms with Crippen molar-refractivity contribution in [2.45, 2.75) is 37.6 Å². The molecule has 8 heteroatoms. The van der Waals surface area contributed by atoms with E-state index < -0.39 is 23.7 Å². The van der Waals surface area contributed by atoms with E-state index in [-0.39, 0.29) is 16.9 Å². The number of hydrogen-bond donors (Lipinski definition) is 1. The van der Waals surface area contributed by atoms with E-state index >= 15 is 0 Å². The maximum absolute atomic E-state index is 14.1. The number of thioether (sulfide) groups is 1. The minimum absolute atomic E-state index is 0.225. The minimum Gasteiger partial charge on any atom is -0.480 e. The molecule has 1 saturated carbocycles. The molecule has 1 saturated heterocycles. The summed E-state index contributed by atoms with van der Waals surface area (Å²) in [6.45, 7) is -0.696. The van der Waals surface area contributed by atoms with Gasteiger partial charge < -0.3 is 14.9 Å². The number of rotatable bonds is 11. The maximum Gasteiger partial charge on any atom is 0.323 e. The van der Waals surface area contributed by atoms with Crippen molar-refractivity contribution in [2.75, 3.05) is 16.3 Å². The lowest BCUT2D eigenvalue weighted by Crippen LogP contribution is -2.33. The molecule has 2 fully saturated rings. The average molecular weight is 856 g/mol. The molecular formula is C56H45N3O4S. The molecule has 2 aliphatic heterocycles. The average Bonchev–Trinajstić information content (AvgIpc) is 3.81. The zero-order chi connectivity index (χ0) is 43.6. The predicted molar refractivity (Wildman–Crippen MR) is 259 cm³/mol. The third-order valence-electron chi connectivity index (χ3n) is 12.5. The molecule has 2 atom stereocenters. The van der Waals surface area contributed by atoms with Crippen LogP contribution in [0.15, 0.2) is 193 Å². The first-order chi connectivity index (χ1) is 31.4. The maximum atomic E-state index is 14.1. The smallest absolute Gasteiger partial charge is 0.323 e. The quantitative estimate of drug-likeness (QED) is 0.102. The molecule has 7 aromatic carbocycles. The Hall–Kier alpha value is -7.42. The van der Waals surface area contributed by atoms with Crippen molar-refractivity contribution >= 4 is 74.5 Å². The highest BCUT2D eigenvalue weighted by atomic mass is 32.2. The van der Waals surface area contributed by atoms with E-state index in [2.05, 4.69) is 131 Å². The number of carboxylic acids is 1. The minimum atomic E-state index is -1.24. The molecule has 2 unspecified atom stereocenters. The molecule has 0 spiro atoms. The highest BCUT2D eigenvalue weighted by molar-refractivity contribution is 8.18. The zero-order valence-corrected chi connectivity index (χ0v) is 35.9. The number of fused-ring (bicyclic) bond motifs is 3. The number of amides is 2. The lowest BCUT2D eigenvalue weighted by molar-refractivity contribution is -0.140. The number of carbonyl (C=O) groups excluding carboxylic acids is 2.